The molecule has 0 aromatic heterocycles. The Balaban J connectivity index is 1.69. The van der Waals surface area contributed by atoms with Crippen LogP contribution in [0.5, 0.6) is 11.5 Å². The van der Waals surface area contributed by atoms with Crippen molar-refractivity contribution in [2.45, 2.75) is 18.8 Å². The highest BCUT2D eigenvalue weighted by molar-refractivity contribution is 7.98. The van der Waals surface area contributed by atoms with Crippen LogP contribution in [0, 0.1) is 0 Å². The van der Waals surface area contributed by atoms with Crippen molar-refractivity contribution < 1.29 is 14.3 Å². The van der Waals surface area contributed by atoms with E-state index in [1.54, 1.807) is 44.0 Å². The fourth-order valence-electron chi connectivity index (χ4n) is 2.14. The Morgan fingerprint density at radius 2 is 1.96 bits per heavy atom. The molecule has 1 N–H and O–H groups in total. The summed E-state index contributed by atoms with van der Waals surface area (Å²) in [5.74, 6) is 2.67. The Labute approximate surface area is 168 Å². The summed E-state index contributed by atoms with van der Waals surface area (Å²) >= 11 is 13.7. The number of thioether (sulfide) groups is 1. The van der Waals surface area contributed by atoms with E-state index in [1.165, 1.54) is 0 Å². The van der Waals surface area contributed by atoms with Gasteiger partial charge in [0.15, 0.2) is 6.10 Å². The van der Waals surface area contributed by atoms with Crippen LogP contribution in [-0.2, 0) is 10.5 Å². The van der Waals surface area contributed by atoms with E-state index in [2.05, 4.69) is 5.32 Å². The summed E-state index contributed by atoms with van der Waals surface area (Å²) < 4.78 is 10.8. The van der Waals surface area contributed by atoms with Gasteiger partial charge in [0.25, 0.3) is 5.91 Å². The van der Waals surface area contributed by atoms with Gasteiger partial charge in [-0.05, 0) is 36.8 Å². The van der Waals surface area contributed by atoms with Gasteiger partial charge in [0.2, 0.25) is 0 Å². The lowest BCUT2D eigenvalue weighted by Gasteiger charge is -2.15. The van der Waals surface area contributed by atoms with Gasteiger partial charge in [-0.2, -0.15) is 11.8 Å². The zero-order valence-electron chi connectivity index (χ0n) is 14.6. The van der Waals surface area contributed by atoms with Crippen molar-refractivity contribution in [3.63, 3.8) is 0 Å². The van der Waals surface area contributed by atoms with Gasteiger partial charge in [-0.25, -0.2) is 0 Å². The predicted molar refractivity (Wildman–Crippen MR) is 109 cm³/mol. The summed E-state index contributed by atoms with van der Waals surface area (Å²) in [6.07, 6.45) is -0.585. The second kappa shape index (κ2) is 10.6. The van der Waals surface area contributed by atoms with Crippen LogP contribution >= 0.6 is 35.0 Å². The first-order valence-corrected chi connectivity index (χ1v) is 10.0. The average Bonchev–Trinajstić information content (AvgIpc) is 2.63. The van der Waals surface area contributed by atoms with E-state index >= 15 is 0 Å². The number of amides is 1. The average molecular weight is 414 g/mol. The summed E-state index contributed by atoms with van der Waals surface area (Å²) in [4.78, 5) is 12.1. The summed E-state index contributed by atoms with van der Waals surface area (Å²) in [5, 5.41) is 4.16. The maximum Gasteiger partial charge on any atom is 0.260 e. The maximum atomic E-state index is 12.1. The van der Waals surface area contributed by atoms with Crippen molar-refractivity contribution >= 4 is 40.9 Å². The quantitative estimate of drug-likeness (QED) is 0.598. The van der Waals surface area contributed by atoms with E-state index in [4.69, 9.17) is 32.7 Å². The first kappa shape index (κ1) is 20.7. The summed E-state index contributed by atoms with van der Waals surface area (Å²) in [6.45, 7) is 2.27. The highest BCUT2D eigenvalue weighted by Gasteiger charge is 2.14. The van der Waals surface area contributed by atoms with Crippen LogP contribution in [-0.4, -0.2) is 31.4 Å². The van der Waals surface area contributed by atoms with Crippen LogP contribution in [0.25, 0.3) is 0 Å². The number of nitrogens with one attached hydrogen (secondary N) is 1. The van der Waals surface area contributed by atoms with E-state index in [0.717, 1.165) is 17.1 Å². The zero-order chi connectivity index (χ0) is 18.9. The van der Waals surface area contributed by atoms with Crippen molar-refractivity contribution in [2.24, 2.45) is 0 Å². The minimum absolute atomic E-state index is 0.155. The third kappa shape index (κ3) is 6.63. The number of hydrogen-bond donors (Lipinski definition) is 1. The number of benzene rings is 2. The number of hydrogen-bond acceptors (Lipinski definition) is 4. The second-order valence-electron chi connectivity index (χ2n) is 5.52. The molecule has 0 heterocycles. The molecule has 2 aromatic carbocycles. The molecule has 2 aromatic rings. The molecule has 0 aliphatic rings. The maximum absolute atomic E-state index is 12.1. The third-order valence-electron chi connectivity index (χ3n) is 3.54. The number of rotatable bonds is 9. The Bertz CT molecular complexity index is 742. The number of methoxy groups -OCH3 is 1. The van der Waals surface area contributed by atoms with E-state index in [0.29, 0.717) is 28.1 Å². The standard InChI is InChI=1S/C19H21Cl2NO3S/c1-13(25-17-5-3-4-16(11-17)24-2)19(23)22-8-9-26-12-14-6-7-15(20)10-18(14)21/h3-7,10-11,13H,8-9,12H2,1-2H3,(H,22,23)/t13-/m1/s1. The molecule has 7 heteroatoms. The molecule has 0 bridgehead atoms. The molecule has 0 saturated carbocycles. The molecule has 0 spiro atoms. The van der Waals surface area contributed by atoms with Gasteiger partial charge in [0.1, 0.15) is 11.5 Å². The number of ether oxygens (including phenoxy) is 2. The van der Waals surface area contributed by atoms with Crippen molar-refractivity contribution in [3.8, 4) is 11.5 Å². The van der Waals surface area contributed by atoms with Crippen LogP contribution in [0.2, 0.25) is 10.0 Å². The zero-order valence-corrected chi connectivity index (χ0v) is 17.0. The molecule has 0 saturated heterocycles. The van der Waals surface area contributed by atoms with Crippen LogP contribution in [0.1, 0.15) is 12.5 Å². The van der Waals surface area contributed by atoms with Gasteiger partial charge in [0, 0.05) is 34.2 Å². The lowest BCUT2D eigenvalue weighted by Crippen LogP contribution is -2.37. The predicted octanol–water partition coefficient (Wildman–Crippen LogP) is 4.82. The van der Waals surface area contributed by atoms with Crippen molar-refractivity contribution in [1.82, 2.24) is 5.32 Å². The van der Waals surface area contributed by atoms with E-state index in [-0.39, 0.29) is 5.91 Å². The van der Waals surface area contributed by atoms with E-state index in [1.807, 2.05) is 24.3 Å². The highest BCUT2D eigenvalue weighted by Crippen LogP contribution is 2.24. The molecule has 0 aliphatic heterocycles. The Hall–Kier alpha value is -1.56. The molecule has 1 amide bonds. The molecule has 0 fully saturated rings. The largest absolute Gasteiger partial charge is 0.497 e. The Morgan fingerprint density at radius 1 is 1.19 bits per heavy atom. The molecule has 0 unspecified atom stereocenters. The molecule has 26 heavy (non-hydrogen) atoms. The molecule has 0 radical (unpaired) electrons. The molecule has 1 atom stereocenters. The van der Waals surface area contributed by atoms with Gasteiger partial charge < -0.3 is 14.8 Å². The van der Waals surface area contributed by atoms with Crippen molar-refractivity contribution in [2.75, 3.05) is 19.4 Å². The minimum Gasteiger partial charge on any atom is -0.497 e. The number of carbonyl (C=O) groups excluding carboxylic acids is 1. The van der Waals surface area contributed by atoms with E-state index < -0.39 is 6.10 Å². The molecular weight excluding hydrogens is 393 g/mol. The smallest absolute Gasteiger partial charge is 0.260 e. The molecule has 4 nitrogen and oxygen atoms in total. The lowest BCUT2D eigenvalue weighted by molar-refractivity contribution is -0.127. The van der Waals surface area contributed by atoms with Gasteiger partial charge in [-0.3, -0.25) is 4.79 Å². The summed E-state index contributed by atoms with van der Waals surface area (Å²) in [5.41, 5.74) is 1.03. The summed E-state index contributed by atoms with van der Waals surface area (Å²) in [7, 11) is 1.59. The fourth-order valence-corrected chi connectivity index (χ4v) is 3.56. The Kier molecular flexibility index (Phi) is 8.42. The third-order valence-corrected chi connectivity index (χ3v) is 5.14. The first-order valence-electron chi connectivity index (χ1n) is 8.09. The van der Waals surface area contributed by atoms with Gasteiger partial charge in [-0.15, -0.1) is 0 Å². The molecule has 2 rings (SSSR count). The lowest BCUT2D eigenvalue weighted by atomic mass is 10.2. The normalized spacial score (nSPS) is 11.7. The molecular formula is C19H21Cl2NO3S. The van der Waals surface area contributed by atoms with Crippen molar-refractivity contribution in [3.05, 3.63) is 58.1 Å². The van der Waals surface area contributed by atoms with Crippen molar-refractivity contribution in [1.29, 1.82) is 0 Å². The van der Waals surface area contributed by atoms with Crippen LogP contribution in [0.15, 0.2) is 42.5 Å². The molecule has 140 valence electrons. The highest BCUT2D eigenvalue weighted by atomic mass is 35.5. The van der Waals surface area contributed by atoms with Crippen LogP contribution in [0.3, 0.4) is 0 Å². The van der Waals surface area contributed by atoms with Crippen LogP contribution in [0.4, 0.5) is 0 Å². The second-order valence-corrected chi connectivity index (χ2v) is 7.47. The minimum atomic E-state index is -0.585. The number of halogens is 2. The SMILES string of the molecule is COc1cccc(O[C@H](C)C(=O)NCCSCc2ccc(Cl)cc2Cl)c1. The monoisotopic (exact) mass is 413 g/mol. The van der Waals surface area contributed by atoms with Crippen LogP contribution < -0.4 is 14.8 Å². The Morgan fingerprint density at radius 3 is 2.69 bits per heavy atom. The van der Waals surface area contributed by atoms with Gasteiger partial charge >= 0.3 is 0 Å². The van der Waals surface area contributed by atoms with Gasteiger partial charge in [-0.1, -0.05) is 35.3 Å². The fraction of sp³-hybridized carbons (Fsp3) is 0.316. The molecule has 0 aliphatic carbocycles. The topological polar surface area (TPSA) is 47.6 Å². The summed E-state index contributed by atoms with van der Waals surface area (Å²) in [6, 6.07) is 12.6. The van der Waals surface area contributed by atoms with Gasteiger partial charge in [0.05, 0.1) is 7.11 Å². The van der Waals surface area contributed by atoms with E-state index in [9.17, 15) is 4.79 Å². The first-order chi connectivity index (χ1) is 12.5. The number of carbonyl (C=O) groups is 1.